The van der Waals surface area contributed by atoms with Crippen LogP contribution in [0.3, 0.4) is 0 Å². The van der Waals surface area contributed by atoms with Crippen LogP contribution >= 0.6 is 11.6 Å². The van der Waals surface area contributed by atoms with E-state index in [-0.39, 0.29) is 11.6 Å². The van der Waals surface area contributed by atoms with Crippen molar-refractivity contribution in [3.8, 4) is 16.9 Å². The Bertz CT molecular complexity index is 1230. The van der Waals surface area contributed by atoms with Crippen molar-refractivity contribution in [3.05, 3.63) is 59.9 Å². The van der Waals surface area contributed by atoms with Gasteiger partial charge in [0, 0.05) is 21.7 Å². The molecule has 4 aromatic rings. The molecular formula is C19H17ClN6O. The summed E-state index contributed by atoms with van der Waals surface area (Å²) in [4.78, 5) is 12.5. The van der Waals surface area contributed by atoms with E-state index >= 15 is 0 Å². The SMILES string of the molecule is [2H]C([2H])([2H])n1cnc(C(C)Oc2ccc(-c3cccc(Cl)c3)c3ncnc(N)c23)n1. The van der Waals surface area contributed by atoms with E-state index in [0.29, 0.717) is 21.7 Å². The number of nitrogens with two attached hydrogens (primary N) is 1. The van der Waals surface area contributed by atoms with Crippen LogP contribution in [0.1, 0.15) is 23.0 Å². The first-order valence-electron chi connectivity index (χ1n) is 9.62. The summed E-state index contributed by atoms with van der Waals surface area (Å²) in [5, 5.41) is 5.14. The molecular weight excluding hydrogens is 364 g/mol. The van der Waals surface area contributed by atoms with Crippen LogP contribution in [0.15, 0.2) is 49.1 Å². The summed E-state index contributed by atoms with van der Waals surface area (Å²) < 4.78 is 29.1. The van der Waals surface area contributed by atoms with Crippen molar-refractivity contribution in [3.63, 3.8) is 0 Å². The van der Waals surface area contributed by atoms with Gasteiger partial charge in [-0.15, -0.1) is 0 Å². The summed E-state index contributed by atoms with van der Waals surface area (Å²) in [6, 6.07) is 11.0. The maximum absolute atomic E-state index is 7.42. The normalized spacial score (nSPS) is 14.4. The summed E-state index contributed by atoms with van der Waals surface area (Å²) in [6.07, 6.45) is 1.91. The highest BCUT2D eigenvalue weighted by Crippen LogP contribution is 2.37. The number of halogens is 1. The van der Waals surface area contributed by atoms with Crippen LogP contribution in [-0.2, 0) is 6.98 Å². The van der Waals surface area contributed by atoms with Crippen LogP contribution < -0.4 is 10.5 Å². The number of nitrogen functional groups attached to an aromatic ring is 1. The average Bonchev–Trinajstić information content (AvgIpc) is 3.19. The molecule has 0 amide bonds. The lowest BCUT2D eigenvalue weighted by Crippen LogP contribution is -2.07. The van der Waals surface area contributed by atoms with Crippen LogP contribution in [0.25, 0.3) is 22.0 Å². The molecule has 0 aliphatic rings. The Morgan fingerprint density at radius 3 is 2.89 bits per heavy atom. The van der Waals surface area contributed by atoms with Crippen LogP contribution in [0, 0.1) is 0 Å². The predicted molar refractivity (Wildman–Crippen MR) is 104 cm³/mol. The molecule has 0 radical (unpaired) electrons. The molecule has 2 aromatic heterocycles. The van der Waals surface area contributed by atoms with E-state index in [0.717, 1.165) is 22.1 Å². The second kappa shape index (κ2) is 6.85. The second-order valence-corrected chi connectivity index (χ2v) is 6.35. The van der Waals surface area contributed by atoms with Gasteiger partial charge in [0.15, 0.2) is 11.9 Å². The number of hydrogen-bond donors (Lipinski definition) is 1. The van der Waals surface area contributed by atoms with E-state index in [2.05, 4.69) is 20.1 Å². The lowest BCUT2D eigenvalue weighted by atomic mass is 10.0. The summed E-state index contributed by atoms with van der Waals surface area (Å²) >= 11 is 6.14. The van der Waals surface area contributed by atoms with Gasteiger partial charge in [-0.2, -0.15) is 5.10 Å². The standard InChI is InChI=1S/C19H17ClN6O/c1-11(19-24-10-26(2)25-19)27-15-7-6-14(12-4-3-5-13(20)8-12)17-16(15)18(21)23-9-22-17/h3-11H,1-2H3,(H2,21,22,23)/i2D3. The van der Waals surface area contributed by atoms with E-state index < -0.39 is 13.1 Å². The molecule has 8 heteroatoms. The molecule has 1 atom stereocenters. The van der Waals surface area contributed by atoms with Gasteiger partial charge >= 0.3 is 0 Å². The number of rotatable bonds is 4. The van der Waals surface area contributed by atoms with E-state index in [1.807, 2.05) is 24.3 Å². The minimum atomic E-state index is -2.41. The molecule has 0 saturated heterocycles. The summed E-state index contributed by atoms with van der Waals surface area (Å²) in [6.45, 7) is -0.690. The minimum Gasteiger partial charge on any atom is -0.482 e. The quantitative estimate of drug-likeness (QED) is 0.576. The molecule has 27 heavy (non-hydrogen) atoms. The van der Waals surface area contributed by atoms with Crippen molar-refractivity contribution >= 4 is 28.3 Å². The monoisotopic (exact) mass is 383 g/mol. The number of hydrogen-bond acceptors (Lipinski definition) is 6. The first-order chi connectivity index (χ1) is 14.2. The van der Waals surface area contributed by atoms with Crippen LogP contribution in [-0.4, -0.2) is 24.7 Å². The zero-order chi connectivity index (χ0) is 21.5. The summed E-state index contributed by atoms with van der Waals surface area (Å²) in [7, 11) is 0. The van der Waals surface area contributed by atoms with Gasteiger partial charge in [0.2, 0.25) is 0 Å². The minimum absolute atomic E-state index is 0.230. The number of nitrogens with zero attached hydrogens (tertiary/aromatic N) is 5. The summed E-state index contributed by atoms with van der Waals surface area (Å²) in [5.41, 5.74) is 8.45. The van der Waals surface area contributed by atoms with Crippen molar-refractivity contribution in [1.29, 1.82) is 0 Å². The Hall–Kier alpha value is -3.19. The van der Waals surface area contributed by atoms with E-state index in [1.54, 1.807) is 19.1 Å². The van der Waals surface area contributed by atoms with Gasteiger partial charge in [0.25, 0.3) is 0 Å². The van der Waals surface area contributed by atoms with E-state index in [1.165, 1.54) is 6.33 Å². The number of aromatic nitrogens is 5. The number of benzene rings is 2. The second-order valence-electron chi connectivity index (χ2n) is 5.91. The fourth-order valence-electron chi connectivity index (χ4n) is 2.86. The molecule has 0 aliphatic carbocycles. The van der Waals surface area contributed by atoms with Crippen molar-refractivity contribution < 1.29 is 8.85 Å². The maximum atomic E-state index is 7.42. The third kappa shape index (κ3) is 3.29. The number of ether oxygens (including phenoxy) is 1. The molecule has 7 nitrogen and oxygen atoms in total. The first-order valence-corrected chi connectivity index (χ1v) is 8.49. The first kappa shape index (κ1) is 13.9. The summed E-state index contributed by atoms with van der Waals surface area (Å²) in [5.74, 6) is 0.923. The molecule has 0 saturated carbocycles. The van der Waals surface area contributed by atoms with E-state index in [9.17, 15) is 0 Å². The largest absolute Gasteiger partial charge is 0.482 e. The molecule has 0 fully saturated rings. The molecule has 0 aliphatic heterocycles. The Kier molecular flexibility index (Phi) is 3.53. The van der Waals surface area contributed by atoms with Crippen molar-refractivity contribution in [2.24, 2.45) is 6.98 Å². The Balaban J connectivity index is 1.75. The van der Waals surface area contributed by atoms with Gasteiger partial charge in [-0.3, -0.25) is 4.68 Å². The molecule has 2 heterocycles. The highest BCUT2D eigenvalue weighted by atomic mass is 35.5. The van der Waals surface area contributed by atoms with Crippen LogP contribution in [0.5, 0.6) is 5.75 Å². The van der Waals surface area contributed by atoms with Crippen LogP contribution in [0.2, 0.25) is 5.02 Å². The fraction of sp³-hybridized carbons (Fsp3) is 0.158. The number of aryl methyl sites for hydroxylation is 1. The predicted octanol–water partition coefficient (Wildman–Crippen LogP) is 3.80. The van der Waals surface area contributed by atoms with Crippen molar-refractivity contribution in [2.45, 2.75) is 13.0 Å². The Morgan fingerprint density at radius 1 is 1.22 bits per heavy atom. The van der Waals surface area contributed by atoms with Gasteiger partial charge in [-0.25, -0.2) is 15.0 Å². The number of anilines is 1. The Labute approximate surface area is 165 Å². The molecule has 1 unspecified atom stereocenters. The zero-order valence-electron chi connectivity index (χ0n) is 17.3. The molecule has 2 N–H and O–H groups in total. The van der Waals surface area contributed by atoms with Gasteiger partial charge in [-0.05, 0) is 36.8 Å². The molecule has 136 valence electrons. The van der Waals surface area contributed by atoms with Gasteiger partial charge < -0.3 is 10.5 Å². The van der Waals surface area contributed by atoms with Gasteiger partial charge in [0.05, 0.1) is 10.9 Å². The number of fused-ring (bicyclic) bond motifs is 1. The van der Waals surface area contributed by atoms with E-state index in [4.69, 9.17) is 26.2 Å². The third-order valence-electron chi connectivity index (χ3n) is 4.09. The lowest BCUT2D eigenvalue weighted by Gasteiger charge is -2.16. The highest BCUT2D eigenvalue weighted by Gasteiger charge is 2.18. The smallest absolute Gasteiger partial charge is 0.191 e. The lowest BCUT2D eigenvalue weighted by molar-refractivity contribution is 0.219. The third-order valence-corrected chi connectivity index (χ3v) is 4.33. The molecule has 0 bridgehead atoms. The Morgan fingerprint density at radius 2 is 2.11 bits per heavy atom. The molecule has 0 spiro atoms. The highest BCUT2D eigenvalue weighted by molar-refractivity contribution is 6.30. The van der Waals surface area contributed by atoms with Gasteiger partial charge in [0.1, 0.15) is 24.2 Å². The van der Waals surface area contributed by atoms with Crippen molar-refractivity contribution in [1.82, 2.24) is 24.7 Å². The topological polar surface area (TPSA) is 91.7 Å². The average molecular weight is 384 g/mol. The maximum Gasteiger partial charge on any atom is 0.191 e. The van der Waals surface area contributed by atoms with Crippen molar-refractivity contribution in [2.75, 3.05) is 5.73 Å². The fourth-order valence-corrected chi connectivity index (χ4v) is 3.05. The molecule has 4 rings (SSSR count). The van der Waals surface area contributed by atoms with Crippen LogP contribution in [0.4, 0.5) is 5.82 Å². The molecule has 2 aromatic carbocycles. The van der Waals surface area contributed by atoms with Gasteiger partial charge in [-0.1, -0.05) is 23.7 Å². The zero-order valence-corrected chi connectivity index (χ0v) is 15.1.